The minimum Gasteiger partial charge on any atom is -0.494 e. The molecule has 1 atom stereocenters. The van der Waals surface area contributed by atoms with Crippen LogP contribution in [-0.2, 0) is 37.5 Å². The van der Waals surface area contributed by atoms with Crippen LogP contribution < -0.4 is 4.74 Å². The van der Waals surface area contributed by atoms with Crippen LogP contribution in [0.1, 0.15) is 31.4 Å². The summed E-state index contributed by atoms with van der Waals surface area (Å²) in [7, 11) is 0. The summed E-state index contributed by atoms with van der Waals surface area (Å²) in [5.41, 5.74) is 3.02. The zero-order chi connectivity index (χ0) is 14.7. The van der Waals surface area contributed by atoms with E-state index in [1.165, 1.54) is 0 Å². The van der Waals surface area contributed by atoms with Gasteiger partial charge in [0, 0.05) is 39.3 Å². The first-order chi connectivity index (χ1) is 9.58. The maximum atomic E-state index is 12.2. The number of carbonyl (C=O) groups excluding carboxylic acids is 1. The fourth-order valence-electron chi connectivity index (χ4n) is 2.36. The van der Waals surface area contributed by atoms with E-state index in [0.29, 0.717) is 19.6 Å². The zero-order valence-electron chi connectivity index (χ0n) is 12.6. The molecule has 0 saturated heterocycles. The minimum atomic E-state index is -0.158. The predicted octanol–water partition coefficient (Wildman–Crippen LogP) is 3.55. The van der Waals surface area contributed by atoms with Crippen LogP contribution in [0.2, 0.25) is 0 Å². The molecule has 0 aliphatic carbocycles. The van der Waals surface area contributed by atoms with Gasteiger partial charge < -0.3 is 9.64 Å². The third kappa shape index (κ3) is 4.17. The van der Waals surface area contributed by atoms with Gasteiger partial charge >= 0.3 is 0 Å². The quantitative estimate of drug-likeness (QED) is 0.545. The first-order valence-electron chi connectivity index (χ1n) is 6.88. The van der Waals surface area contributed by atoms with Crippen molar-refractivity contribution in [1.29, 1.82) is 0 Å². The smallest absolute Gasteiger partial charge is 0.236 e. The topological polar surface area (TPSA) is 29.5 Å². The van der Waals surface area contributed by atoms with E-state index in [9.17, 15) is 4.79 Å². The number of allylic oxidation sites excluding steroid dienone is 1. The average molecular weight is 426 g/mol. The summed E-state index contributed by atoms with van der Waals surface area (Å²) >= 11 is 3.40. The molecule has 0 spiro atoms. The van der Waals surface area contributed by atoms with Crippen LogP contribution in [0.4, 0.5) is 0 Å². The van der Waals surface area contributed by atoms with E-state index in [4.69, 9.17) is 4.74 Å². The molecule has 0 bridgehead atoms. The Hall–Kier alpha value is -0.186. The van der Waals surface area contributed by atoms with E-state index in [0.717, 1.165) is 22.6 Å². The molecule has 1 aliphatic rings. The summed E-state index contributed by atoms with van der Waals surface area (Å²) in [4.78, 5) is 13.8. The molecular formula is C16H19BrNO2Y-. The molecular weight excluding hydrogens is 407 g/mol. The van der Waals surface area contributed by atoms with Crippen LogP contribution in [0, 0.1) is 13.0 Å². The van der Waals surface area contributed by atoms with Crippen LogP contribution in [-0.4, -0.2) is 28.8 Å². The van der Waals surface area contributed by atoms with Gasteiger partial charge in [-0.05, 0) is 26.0 Å². The van der Waals surface area contributed by atoms with E-state index in [2.05, 4.69) is 22.0 Å². The summed E-state index contributed by atoms with van der Waals surface area (Å²) in [6.07, 6.45) is 3.95. The first-order valence-corrected chi connectivity index (χ1v) is 7.80. The Morgan fingerprint density at radius 1 is 1.43 bits per heavy atom. The Labute approximate surface area is 160 Å². The van der Waals surface area contributed by atoms with Gasteiger partial charge in [0.2, 0.25) is 5.91 Å². The second-order valence-corrected chi connectivity index (χ2v) is 5.79. The van der Waals surface area contributed by atoms with E-state index >= 15 is 0 Å². The van der Waals surface area contributed by atoms with Gasteiger partial charge in [0.05, 0.1) is 11.4 Å². The Balaban J connectivity index is 0.00000220. The van der Waals surface area contributed by atoms with Crippen molar-refractivity contribution in [1.82, 2.24) is 4.90 Å². The molecule has 1 unspecified atom stereocenters. The number of alkyl halides is 1. The van der Waals surface area contributed by atoms with Crippen LogP contribution in [0.25, 0.3) is 5.70 Å². The number of rotatable bonds is 4. The standard InChI is InChI=1S/C16H19BrNO2.Y/c1-4-18-15(9-8-14(17)16(18)19)13-7-6-12(20-5-2)10-11(13)3;/h6-7,10,14H,4-5,8H2,1-3H3;/q-1;. The Bertz CT molecular complexity index is 545. The fourth-order valence-corrected chi connectivity index (χ4v) is 2.77. The van der Waals surface area contributed by atoms with Crippen LogP contribution >= 0.6 is 15.9 Å². The molecule has 1 aromatic carbocycles. The summed E-state index contributed by atoms with van der Waals surface area (Å²) in [5.74, 6) is 0.965. The number of aryl methyl sites for hydroxylation is 1. The van der Waals surface area contributed by atoms with Gasteiger partial charge in [0.1, 0.15) is 5.75 Å². The molecule has 0 N–H and O–H groups in total. The summed E-state index contributed by atoms with van der Waals surface area (Å²) < 4.78 is 5.50. The molecule has 21 heavy (non-hydrogen) atoms. The predicted molar refractivity (Wildman–Crippen MR) is 83.7 cm³/mol. The molecule has 1 aliphatic heterocycles. The molecule has 5 heteroatoms. The van der Waals surface area contributed by atoms with Crippen molar-refractivity contribution in [2.75, 3.05) is 13.2 Å². The van der Waals surface area contributed by atoms with Crippen molar-refractivity contribution in [2.45, 2.75) is 32.0 Å². The Morgan fingerprint density at radius 3 is 2.71 bits per heavy atom. The molecule has 0 aromatic heterocycles. The van der Waals surface area contributed by atoms with Gasteiger partial charge in [0.15, 0.2) is 0 Å². The third-order valence-corrected chi connectivity index (χ3v) is 4.05. The van der Waals surface area contributed by atoms with Gasteiger partial charge in [-0.2, -0.15) is 0 Å². The van der Waals surface area contributed by atoms with Gasteiger partial charge in [-0.1, -0.05) is 29.3 Å². The van der Waals surface area contributed by atoms with Gasteiger partial charge in [0.25, 0.3) is 0 Å². The number of halogens is 1. The van der Waals surface area contributed by atoms with Crippen molar-refractivity contribution in [3.8, 4) is 5.75 Å². The van der Waals surface area contributed by atoms with Gasteiger partial charge in [-0.3, -0.25) is 4.79 Å². The average Bonchev–Trinajstić information content (AvgIpc) is 2.43. The maximum absolute atomic E-state index is 12.2. The summed E-state index contributed by atoms with van der Waals surface area (Å²) in [5, 5.41) is 0. The molecule has 0 saturated carbocycles. The molecule has 1 heterocycles. The molecule has 1 aromatic rings. The second-order valence-electron chi connectivity index (χ2n) is 4.69. The van der Waals surface area contributed by atoms with Crippen LogP contribution in [0.15, 0.2) is 18.2 Å². The Morgan fingerprint density at radius 2 is 2.14 bits per heavy atom. The number of amides is 1. The first kappa shape index (κ1) is 18.9. The second kappa shape index (κ2) is 8.45. The largest absolute Gasteiger partial charge is 0.494 e. The van der Waals surface area contributed by atoms with Crippen molar-refractivity contribution in [3.05, 3.63) is 35.4 Å². The van der Waals surface area contributed by atoms with Crippen molar-refractivity contribution in [2.24, 2.45) is 0 Å². The zero-order valence-corrected chi connectivity index (χ0v) is 17.1. The number of hydrogen-bond acceptors (Lipinski definition) is 2. The van der Waals surface area contributed by atoms with Gasteiger partial charge in [-0.25, -0.2) is 6.08 Å². The van der Waals surface area contributed by atoms with E-state index in [1.807, 2.05) is 39.0 Å². The van der Waals surface area contributed by atoms with Crippen molar-refractivity contribution < 1.29 is 42.2 Å². The SMILES string of the molecule is CCOc1ccc(C2=[C-]CC(Br)C(=O)N2CC)c(C)c1.[Y]. The number of nitrogens with zero attached hydrogens (tertiary/aromatic N) is 1. The van der Waals surface area contributed by atoms with E-state index in [-0.39, 0.29) is 43.4 Å². The summed E-state index contributed by atoms with van der Waals surface area (Å²) in [6, 6.07) is 5.96. The molecule has 3 nitrogen and oxygen atoms in total. The number of benzene rings is 1. The Kier molecular flexibility index (Phi) is 7.59. The monoisotopic (exact) mass is 425 g/mol. The van der Waals surface area contributed by atoms with Gasteiger partial charge in [-0.15, -0.1) is 22.9 Å². The molecule has 1 radical (unpaired) electrons. The maximum Gasteiger partial charge on any atom is 0.236 e. The number of ether oxygens (including phenoxy) is 1. The van der Waals surface area contributed by atoms with E-state index in [1.54, 1.807) is 4.90 Å². The normalized spacial score (nSPS) is 18.1. The van der Waals surface area contributed by atoms with Crippen LogP contribution in [0.5, 0.6) is 5.75 Å². The molecule has 2 rings (SSSR count). The van der Waals surface area contributed by atoms with Crippen LogP contribution in [0.3, 0.4) is 0 Å². The fraction of sp³-hybridized carbons (Fsp3) is 0.438. The molecule has 0 fully saturated rings. The summed E-state index contributed by atoms with van der Waals surface area (Å²) in [6.45, 7) is 7.28. The minimum absolute atomic E-state index is 0. The third-order valence-electron chi connectivity index (χ3n) is 3.33. The number of hydrogen-bond donors (Lipinski definition) is 0. The molecule has 111 valence electrons. The van der Waals surface area contributed by atoms with Crippen molar-refractivity contribution >= 4 is 27.5 Å². The molecule has 1 amide bonds. The van der Waals surface area contributed by atoms with E-state index < -0.39 is 0 Å². The number of carbonyl (C=O) groups is 1. The van der Waals surface area contributed by atoms with Crippen molar-refractivity contribution in [3.63, 3.8) is 0 Å².